The summed E-state index contributed by atoms with van der Waals surface area (Å²) >= 11 is 5.95. The van der Waals surface area contributed by atoms with Crippen molar-refractivity contribution in [3.05, 3.63) is 46.9 Å². The Labute approximate surface area is 123 Å². The number of benzene rings is 1. The summed E-state index contributed by atoms with van der Waals surface area (Å²) in [6.07, 6.45) is 3.01. The molecule has 2 aromatic rings. The first-order valence-electron chi connectivity index (χ1n) is 5.85. The molecule has 0 unspecified atom stereocenters. The second kappa shape index (κ2) is 5.47. The maximum absolute atomic E-state index is 12.5. The van der Waals surface area contributed by atoms with Gasteiger partial charge in [-0.25, -0.2) is 8.42 Å². The number of halogens is 1. The van der Waals surface area contributed by atoms with Crippen molar-refractivity contribution in [2.24, 2.45) is 0 Å². The van der Waals surface area contributed by atoms with Crippen LogP contribution < -0.4 is 5.73 Å². The topological polar surface area (TPSA) is 76.5 Å². The quantitative estimate of drug-likeness (QED) is 0.880. The lowest BCUT2D eigenvalue weighted by Crippen LogP contribution is -2.26. The first-order valence-corrected chi connectivity index (χ1v) is 7.67. The summed E-state index contributed by atoms with van der Waals surface area (Å²) in [5, 5.41) is 0.376. The summed E-state index contributed by atoms with van der Waals surface area (Å²) in [5.41, 5.74) is 7.38. The van der Waals surface area contributed by atoms with E-state index in [1.54, 1.807) is 13.0 Å². The zero-order valence-corrected chi connectivity index (χ0v) is 12.7. The van der Waals surface area contributed by atoms with Crippen LogP contribution in [0, 0.1) is 6.92 Å². The molecule has 1 aromatic heterocycles. The zero-order valence-electron chi connectivity index (χ0n) is 11.1. The van der Waals surface area contributed by atoms with Gasteiger partial charge in [-0.05, 0) is 30.7 Å². The molecule has 0 radical (unpaired) electrons. The molecular formula is C13H15ClN2O3S. The van der Waals surface area contributed by atoms with Gasteiger partial charge < -0.3 is 10.2 Å². The minimum Gasteiger partial charge on any atom is -0.472 e. The lowest BCUT2D eigenvalue weighted by Gasteiger charge is -2.17. The fraction of sp³-hybridized carbons (Fsp3) is 0.231. The molecule has 0 amide bonds. The predicted octanol–water partition coefficient (Wildman–Crippen LogP) is 2.64. The van der Waals surface area contributed by atoms with Crippen molar-refractivity contribution < 1.29 is 12.8 Å². The van der Waals surface area contributed by atoms with Crippen molar-refractivity contribution >= 4 is 27.3 Å². The summed E-state index contributed by atoms with van der Waals surface area (Å²) in [4.78, 5) is 0.128. The summed E-state index contributed by atoms with van der Waals surface area (Å²) in [7, 11) is -2.12. The standard InChI is InChI=1S/C13H15ClN2O3S/c1-9-5-11(6-12(15)13(9)14)20(17,18)16(2)7-10-3-4-19-8-10/h3-6,8H,7,15H2,1-2H3. The average molecular weight is 315 g/mol. The van der Waals surface area contributed by atoms with E-state index in [4.69, 9.17) is 21.8 Å². The maximum Gasteiger partial charge on any atom is 0.243 e. The summed E-state index contributed by atoms with van der Waals surface area (Å²) in [6.45, 7) is 1.94. The van der Waals surface area contributed by atoms with Crippen LogP contribution >= 0.6 is 11.6 Å². The molecule has 108 valence electrons. The third kappa shape index (κ3) is 2.82. The Morgan fingerprint density at radius 3 is 2.65 bits per heavy atom. The Morgan fingerprint density at radius 1 is 1.40 bits per heavy atom. The van der Waals surface area contributed by atoms with Crippen LogP contribution in [-0.2, 0) is 16.6 Å². The Morgan fingerprint density at radius 2 is 2.10 bits per heavy atom. The summed E-state index contributed by atoms with van der Waals surface area (Å²) in [6, 6.07) is 4.60. The van der Waals surface area contributed by atoms with E-state index in [9.17, 15) is 8.42 Å². The molecule has 0 saturated carbocycles. The van der Waals surface area contributed by atoms with Gasteiger partial charge in [-0.3, -0.25) is 0 Å². The maximum atomic E-state index is 12.5. The Bertz CT molecular complexity index is 688. The average Bonchev–Trinajstić information content (AvgIpc) is 2.88. The molecule has 0 aliphatic heterocycles. The highest BCUT2D eigenvalue weighted by Gasteiger charge is 2.22. The van der Waals surface area contributed by atoms with E-state index in [1.807, 2.05) is 0 Å². The second-order valence-corrected chi connectivity index (χ2v) is 6.96. The fourth-order valence-corrected chi connectivity index (χ4v) is 3.21. The largest absolute Gasteiger partial charge is 0.472 e. The van der Waals surface area contributed by atoms with Gasteiger partial charge in [0.1, 0.15) is 0 Å². The monoisotopic (exact) mass is 314 g/mol. The lowest BCUT2D eigenvalue weighted by molar-refractivity contribution is 0.463. The van der Waals surface area contributed by atoms with Crippen molar-refractivity contribution in [3.63, 3.8) is 0 Å². The van der Waals surface area contributed by atoms with E-state index in [0.717, 1.165) is 5.56 Å². The molecule has 0 spiro atoms. The van der Waals surface area contributed by atoms with E-state index in [2.05, 4.69) is 0 Å². The van der Waals surface area contributed by atoms with Crippen LogP contribution in [0.25, 0.3) is 0 Å². The number of anilines is 1. The van der Waals surface area contributed by atoms with Crippen LogP contribution in [0.5, 0.6) is 0 Å². The summed E-state index contributed by atoms with van der Waals surface area (Å²) < 4.78 is 31.1. The number of nitrogens with zero attached hydrogens (tertiary/aromatic N) is 1. The zero-order chi connectivity index (χ0) is 14.9. The molecule has 2 N–H and O–H groups in total. The molecule has 0 atom stereocenters. The van der Waals surface area contributed by atoms with E-state index in [1.165, 1.54) is 36.0 Å². The SMILES string of the molecule is Cc1cc(S(=O)(=O)N(C)Cc2ccoc2)cc(N)c1Cl. The van der Waals surface area contributed by atoms with E-state index in [0.29, 0.717) is 10.6 Å². The minimum atomic E-state index is -3.62. The van der Waals surface area contributed by atoms with E-state index in [-0.39, 0.29) is 17.1 Å². The molecule has 1 aromatic carbocycles. The molecular weight excluding hydrogens is 300 g/mol. The van der Waals surface area contributed by atoms with Gasteiger partial charge in [0.25, 0.3) is 0 Å². The van der Waals surface area contributed by atoms with Crippen molar-refractivity contribution in [1.29, 1.82) is 0 Å². The highest BCUT2D eigenvalue weighted by Crippen LogP contribution is 2.28. The number of nitrogen functional groups attached to an aromatic ring is 1. The number of hydrogen-bond acceptors (Lipinski definition) is 4. The van der Waals surface area contributed by atoms with Gasteiger partial charge >= 0.3 is 0 Å². The fourth-order valence-electron chi connectivity index (χ4n) is 1.82. The molecule has 0 aliphatic rings. The van der Waals surface area contributed by atoms with Gasteiger partial charge in [0.15, 0.2) is 0 Å². The van der Waals surface area contributed by atoms with Crippen LogP contribution in [0.2, 0.25) is 5.02 Å². The first-order chi connectivity index (χ1) is 9.32. The first kappa shape index (κ1) is 14.9. The molecule has 20 heavy (non-hydrogen) atoms. The van der Waals surface area contributed by atoms with Gasteiger partial charge in [-0.15, -0.1) is 0 Å². The Kier molecular flexibility index (Phi) is 4.08. The molecule has 5 nitrogen and oxygen atoms in total. The number of aryl methyl sites for hydroxylation is 1. The lowest BCUT2D eigenvalue weighted by atomic mass is 10.2. The highest BCUT2D eigenvalue weighted by molar-refractivity contribution is 7.89. The van der Waals surface area contributed by atoms with Gasteiger partial charge in [-0.2, -0.15) is 4.31 Å². The van der Waals surface area contributed by atoms with Gasteiger partial charge in [0.2, 0.25) is 10.0 Å². The van der Waals surface area contributed by atoms with Gasteiger partial charge in [0.05, 0.1) is 28.1 Å². The minimum absolute atomic E-state index is 0.128. The Hall–Kier alpha value is -1.50. The number of rotatable bonds is 4. The van der Waals surface area contributed by atoms with Crippen molar-refractivity contribution in [2.75, 3.05) is 12.8 Å². The third-order valence-electron chi connectivity index (χ3n) is 2.95. The number of furan rings is 1. The van der Waals surface area contributed by atoms with Crippen molar-refractivity contribution in [1.82, 2.24) is 4.31 Å². The number of sulfonamides is 1. The van der Waals surface area contributed by atoms with Crippen molar-refractivity contribution in [2.45, 2.75) is 18.4 Å². The third-order valence-corrected chi connectivity index (χ3v) is 5.25. The molecule has 1 heterocycles. The van der Waals surface area contributed by atoms with Crippen molar-refractivity contribution in [3.8, 4) is 0 Å². The Balaban J connectivity index is 2.35. The molecule has 0 aliphatic carbocycles. The highest BCUT2D eigenvalue weighted by atomic mass is 35.5. The normalized spacial score (nSPS) is 12.0. The number of nitrogens with two attached hydrogens (primary N) is 1. The molecule has 0 saturated heterocycles. The van der Waals surface area contributed by atoms with Crippen LogP contribution in [0.1, 0.15) is 11.1 Å². The second-order valence-electron chi connectivity index (χ2n) is 4.54. The molecule has 7 heteroatoms. The van der Waals surface area contributed by atoms with Gasteiger partial charge in [-0.1, -0.05) is 11.6 Å². The van der Waals surface area contributed by atoms with Crippen LogP contribution in [0.4, 0.5) is 5.69 Å². The molecule has 2 rings (SSSR count). The van der Waals surface area contributed by atoms with Crippen LogP contribution in [-0.4, -0.2) is 19.8 Å². The smallest absolute Gasteiger partial charge is 0.243 e. The van der Waals surface area contributed by atoms with Crippen LogP contribution in [0.3, 0.4) is 0 Å². The van der Waals surface area contributed by atoms with E-state index >= 15 is 0 Å². The van der Waals surface area contributed by atoms with Gasteiger partial charge in [0, 0.05) is 19.2 Å². The number of hydrogen-bond donors (Lipinski definition) is 1. The molecule has 0 fully saturated rings. The van der Waals surface area contributed by atoms with E-state index < -0.39 is 10.0 Å². The predicted molar refractivity (Wildman–Crippen MR) is 78.0 cm³/mol. The van der Waals surface area contributed by atoms with Crippen LogP contribution in [0.15, 0.2) is 40.0 Å². The molecule has 0 bridgehead atoms. The summed E-state index contributed by atoms with van der Waals surface area (Å²) in [5.74, 6) is 0.